The number of carbonyl (C=O) groups excluding carboxylic acids is 1. The van der Waals surface area contributed by atoms with E-state index in [1.807, 2.05) is 23.9 Å². The molecule has 6 heteroatoms. The number of rotatable bonds is 8. The largest absolute Gasteiger partial charge is 0.494 e. The molecule has 1 amide bonds. The van der Waals surface area contributed by atoms with E-state index in [9.17, 15) is 4.79 Å². The summed E-state index contributed by atoms with van der Waals surface area (Å²) in [6.45, 7) is 2.72. The van der Waals surface area contributed by atoms with E-state index in [1.54, 1.807) is 18.3 Å². The molecule has 1 N–H and O–H groups in total. The summed E-state index contributed by atoms with van der Waals surface area (Å²) in [6.07, 6.45) is 4.98. The number of anilines is 1. The molecule has 2 aromatic rings. The third-order valence-corrected chi connectivity index (χ3v) is 3.89. The summed E-state index contributed by atoms with van der Waals surface area (Å²) in [6, 6.07) is 7.29. The first-order valence-electron chi connectivity index (χ1n) is 8.34. The van der Waals surface area contributed by atoms with Crippen molar-refractivity contribution in [3.8, 4) is 11.5 Å². The minimum Gasteiger partial charge on any atom is -0.494 e. The molecule has 0 bridgehead atoms. The van der Waals surface area contributed by atoms with E-state index in [0.717, 1.165) is 36.4 Å². The predicted octanol–water partition coefficient (Wildman–Crippen LogP) is 3.10. The second-order valence-corrected chi connectivity index (χ2v) is 6.00. The van der Waals surface area contributed by atoms with E-state index >= 15 is 0 Å². The van der Waals surface area contributed by atoms with Gasteiger partial charge >= 0.3 is 0 Å². The molecular formula is C18H23N3O3. The molecule has 1 aliphatic rings. The lowest BCUT2D eigenvalue weighted by atomic mass is 10.2. The standard InChI is InChI=1S/C18H23N3O3/c1-3-10-23-14-6-8-15(9-7-14)24-12-17(22)20-16-11-19-21(2)18(16)13-4-5-13/h6-9,11,13H,3-5,10,12H2,1-2H3,(H,20,22). The Morgan fingerprint density at radius 1 is 1.25 bits per heavy atom. The Morgan fingerprint density at radius 2 is 1.92 bits per heavy atom. The number of carbonyl (C=O) groups is 1. The Morgan fingerprint density at radius 3 is 2.54 bits per heavy atom. The first-order chi connectivity index (χ1) is 11.7. The normalized spacial score (nSPS) is 13.6. The van der Waals surface area contributed by atoms with E-state index in [-0.39, 0.29) is 12.5 Å². The Balaban J connectivity index is 1.50. The van der Waals surface area contributed by atoms with E-state index in [4.69, 9.17) is 9.47 Å². The SMILES string of the molecule is CCCOc1ccc(OCC(=O)Nc2cnn(C)c2C2CC2)cc1. The van der Waals surface area contributed by atoms with Gasteiger partial charge in [-0.2, -0.15) is 5.10 Å². The third kappa shape index (κ3) is 4.07. The topological polar surface area (TPSA) is 65.4 Å². The molecule has 0 unspecified atom stereocenters. The molecule has 1 aromatic carbocycles. The lowest BCUT2D eigenvalue weighted by Gasteiger charge is -2.09. The number of ether oxygens (including phenoxy) is 2. The van der Waals surface area contributed by atoms with Gasteiger partial charge in [0.05, 0.1) is 24.2 Å². The minimum atomic E-state index is -0.184. The first-order valence-corrected chi connectivity index (χ1v) is 8.34. The fraction of sp³-hybridized carbons (Fsp3) is 0.444. The van der Waals surface area contributed by atoms with Gasteiger partial charge < -0.3 is 14.8 Å². The van der Waals surface area contributed by atoms with Crippen LogP contribution < -0.4 is 14.8 Å². The monoisotopic (exact) mass is 329 g/mol. The van der Waals surface area contributed by atoms with Gasteiger partial charge in [0, 0.05) is 13.0 Å². The van der Waals surface area contributed by atoms with Crippen LogP contribution in [-0.2, 0) is 11.8 Å². The highest BCUT2D eigenvalue weighted by molar-refractivity contribution is 5.92. The number of aryl methyl sites for hydroxylation is 1. The summed E-state index contributed by atoms with van der Waals surface area (Å²) in [7, 11) is 1.90. The fourth-order valence-electron chi connectivity index (χ4n) is 2.57. The van der Waals surface area contributed by atoms with Crippen LogP contribution in [0.5, 0.6) is 11.5 Å². The van der Waals surface area contributed by atoms with Crippen molar-refractivity contribution in [2.75, 3.05) is 18.5 Å². The van der Waals surface area contributed by atoms with Crippen molar-refractivity contribution in [1.29, 1.82) is 0 Å². The lowest BCUT2D eigenvalue weighted by Crippen LogP contribution is -2.20. The number of nitrogens with zero attached hydrogens (tertiary/aromatic N) is 2. The Labute approximate surface area is 141 Å². The van der Waals surface area contributed by atoms with Crippen molar-refractivity contribution in [2.24, 2.45) is 7.05 Å². The Bertz CT molecular complexity index is 690. The van der Waals surface area contributed by atoms with Gasteiger partial charge in [0.25, 0.3) is 5.91 Å². The second kappa shape index (κ2) is 7.38. The van der Waals surface area contributed by atoms with Crippen molar-refractivity contribution in [2.45, 2.75) is 32.1 Å². The summed E-state index contributed by atoms with van der Waals surface area (Å²) in [5.41, 5.74) is 1.89. The molecule has 1 saturated carbocycles. The Kier molecular flexibility index (Phi) is 5.03. The highest BCUT2D eigenvalue weighted by Gasteiger charge is 2.30. The first kappa shape index (κ1) is 16.4. The van der Waals surface area contributed by atoms with E-state index in [1.165, 1.54) is 0 Å². The van der Waals surface area contributed by atoms with E-state index in [2.05, 4.69) is 17.3 Å². The molecule has 1 heterocycles. The number of benzene rings is 1. The van der Waals surface area contributed by atoms with Gasteiger partial charge in [-0.1, -0.05) is 6.92 Å². The van der Waals surface area contributed by atoms with E-state index in [0.29, 0.717) is 18.3 Å². The van der Waals surface area contributed by atoms with Crippen molar-refractivity contribution >= 4 is 11.6 Å². The van der Waals surface area contributed by atoms with Gasteiger partial charge in [-0.25, -0.2) is 0 Å². The number of amides is 1. The Hall–Kier alpha value is -2.50. The van der Waals surface area contributed by atoms with Crippen LogP contribution in [0.15, 0.2) is 30.5 Å². The van der Waals surface area contributed by atoms with Gasteiger partial charge in [0.15, 0.2) is 6.61 Å². The number of hydrogen-bond donors (Lipinski definition) is 1. The molecule has 128 valence electrons. The lowest BCUT2D eigenvalue weighted by molar-refractivity contribution is -0.118. The van der Waals surface area contributed by atoms with E-state index < -0.39 is 0 Å². The predicted molar refractivity (Wildman–Crippen MR) is 91.5 cm³/mol. The molecule has 0 aliphatic heterocycles. The van der Waals surface area contributed by atoms with Gasteiger partial charge in [0.1, 0.15) is 11.5 Å². The maximum absolute atomic E-state index is 12.1. The fourth-order valence-corrected chi connectivity index (χ4v) is 2.57. The molecule has 6 nitrogen and oxygen atoms in total. The van der Waals surface area contributed by atoms with Crippen LogP contribution in [-0.4, -0.2) is 28.9 Å². The second-order valence-electron chi connectivity index (χ2n) is 6.00. The molecule has 1 fully saturated rings. The molecule has 0 saturated heterocycles. The number of nitrogens with one attached hydrogen (secondary N) is 1. The van der Waals surface area contributed by atoms with Gasteiger partial charge in [0.2, 0.25) is 0 Å². The summed E-state index contributed by atoms with van der Waals surface area (Å²) < 4.78 is 12.9. The van der Waals surface area contributed by atoms with Gasteiger partial charge in [-0.15, -0.1) is 0 Å². The van der Waals surface area contributed by atoms with Crippen LogP contribution in [0.3, 0.4) is 0 Å². The average Bonchev–Trinajstić information content (AvgIpc) is 3.36. The molecule has 3 rings (SSSR count). The summed E-state index contributed by atoms with van der Waals surface area (Å²) >= 11 is 0. The smallest absolute Gasteiger partial charge is 0.262 e. The zero-order valence-electron chi connectivity index (χ0n) is 14.1. The molecular weight excluding hydrogens is 306 g/mol. The van der Waals surface area contributed by atoms with Crippen LogP contribution in [0.1, 0.15) is 37.8 Å². The summed E-state index contributed by atoms with van der Waals surface area (Å²) in [5.74, 6) is 1.78. The molecule has 0 radical (unpaired) electrons. The average molecular weight is 329 g/mol. The van der Waals surface area contributed by atoms with Crippen LogP contribution in [0.4, 0.5) is 5.69 Å². The molecule has 1 aromatic heterocycles. The number of aromatic nitrogens is 2. The zero-order valence-corrected chi connectivity index (χ0v) is 14.1. The molecule has 0 atom stereocenters. The highest BCUT2D eigenvalue weighted by Crippen LogP contribution is 2.43. The van der Waals surface area contributed by atoms with Crippen LogP contribution in [0.25, 0.3) is 0 Å². The van der Waals surface area contributed by atoms with Crippen molar-refractivity contribution in [1.82, 2.24) is 9.78 Å². The third-order valence-electron chi connectivity index (χ3n) is 3.89. The maximum atomic E-state index is 12.1. The molecule has 1 aliphatic carbocycles. The van der Waals surface area contributed by atoms with Crippen molar-refractivity contribution in [3.63, 3.8) is 0 Å². The molecule has 0 spiro atoms. The zero-order chi connectivity index (χ0) is 16.9. The highest BCUT2D eigenvalue weighted by atomic mass is 16.5. The molecule has 24 heavy (non-hydrogen) atoms. The van der Waals surface area contributed by atoms with Gasteiger partial charge in [-0.3, -0.25) is 9.48 Å². The van der Waals surface area contributed by atoms with Crippen molar-refractivity contribution in [3.05, 3.63) is 36.2 Å². The minimum absolute atomic E-state index is 0.0336. The van der Waals surface area contributed by atoms with Crippen LogP contribution >= 0.6 is 0 Å². The maximum Gasteiger partial charge on any atom is 0.262 e. The van der Waals surface area contributed by atoms with Gasteiger partial charge in [-0.05, 0) is 43.5 Å². The van der Waals surface area contributed by atoms with Crippen LogP contribution in [0.2, 0.25) is 0 Å². The summed E-state index contributed by atoms with van der Waals surface area (Å²) in [5, 5.41) is 7.12. The van der Waals surface area contributed by atoms with Crippen molar-refractivity contribution < 1.29 is 14.3 Å². The summed E-state index contributed by atoms with van der Waals surface area (Å²) in [4.78, 5) is 12.1. The number of hydrogen-bond acceptors (Lipinski definition) is 4. The van der Waals surface area contributed by atoms with Crippen LogP contribution in [0, 0.1) is 0 Å². The quantitative estimate of drug-likeness (QED) is 0.808.